The molecule has 0 amide bonds. The lowest BCUT2D eigenvalue weighted by molar-refractivity contribution is 0.384. The molecule has 0 bridgehead atoms. The Morgan fingerprint density at radius 1 is 1.08 bits per heavy atom. The quantitative estimate of drug-likeness (QED) is 0.849. The van der Waals surface area contributed by atoms with Crippen LogP contribution in [0.4, 0.5) is 5.69 Å². The van der Waals surface area contributed by atoms with Gasteiger partial charge in [-0.3, -0.25) is 4.68 Å². The molecule has 0 radical (unpaired) electrons. The molecule has 2 aromatic rings. The van der Waals surface area contributed by atoms with Crippen LogP contribution in [0.3, 0.4) is 0 Å². The zero-order chi connectivity index (χ0) is 17.3. The van der Waals surface area contributed by atoms with Crippen molar-refractivity contribution in [2.45, 2.75) is 24.7 Å². The SMILES string of the molecule is CC(C)c1ccccc1S(=O)(=O)N1CCN(c2cnn(C)c2)CC1. The molecule has 1 aromatic carbocycles. The summed E-state index contributed by atoms with van der Waals surface area (Å²) in [6.45, 7) is 6.38. The number of rotatable bonds is 4. The third-order valence-electron chi connectivity index (χ3n) is 4.45. The van der Waals surface area contributed by atoms with E-state index >= 15 is 0 Å². The second-order valence-corrected chi connectivity index (χ2v) is 8.36. The van der Waals surface area contributed by atoms with Gasteiger partial charge in [0.15, 0.2) is 0 Å². The highest BCUT2D eigenvalue weighted by molar-refractivity contribution is 7.89. The van der Waals surface area contributed by atoms with Gasteiger partial charge < -0.3 is 4.90 Å². The van der Waals surface area contributed by atoms with Crippen LogP contribution < -0.4 is 4.90 Å². The van der Waals surface area contributed by atoms with Crippen LogP contribution >= 0.6 is 0 Å². The number of hydrogen-bond donors (Lipinski definition) is 0. The van der Waals surface area contributed by atoms with Gasteiger partial charge in [-0.15, -0.1) is 0 Å². The topological polar surface area (TPSA) is 58.4 Å². The highest BCUT2D eigenvalue weighted by atomic mass is 32.2. The summed E-state index contributed by atoms with van der Waals surface area (Å²) < 4.78 is 29.5. The zero-order valence-electron chi connectivity index (χ0n) is 14.4. The smallest absolute Gasteiger partial charge is 0.243 e. The first-order chi connectivity index (χ1) is 11.4. The number of aromatic nitrogens is 2. The van der Waals surface area contributed by atoms with Crippen molar-refractivity contribution in [3.8, 4) is 0 Å². The number of anilines is 1. The summed E-state index contributed by atoms with van der Waals surface area (Å²) in [5.41, 5.74) is 1.92. The first-order valence-corrected chi connectivity index (χ1v) is 9.66. The monoisotopic (exact) mass is 348 g/mol. The molecule has 0 unspecified atom stereocenters. The molecular formula is C17H24N4O2S. The van der Waals surface area contributed by atoms with Crippen molar-refractivity contribution in [1.82, 2.24) is 14.1 Å². The van der Waals surface area contributed by atoms with Gasteiger partial charge in [-0.25, -0.2) is 8.42 Å². The van der Waals surface area contributed by atoms with Crippen LogP contribution in [-0.4, -0.2) is 48.7 Å². The van der Waals surface area contributed by atoms with Crippen LogP contribution in [0.25, 0.3) is 0 Å². The van der Waals surface area contributed by atoms with Crippen LogP contribution in [0.1, 0.15) is 25.3 Å². The molecule has 2 heterocycles. The lowest BCUT2D eigenvalue weighted by Gasteiger charge is -2.35. The Labute approximate surface area is 143 Å². The third kappa shape index (κ3) is 3.18. The van der Waals surface area contributed by atoms with Gasteiger partial charge in [0.1, 0.15) is 0 Å². The highest BCUT2D eigenvalue weighted by Gasteiger charge is 2.30. The second kappa shape index (κ2) is 6.57. The van der Waals surface area contributed by atoms with Crippen LogP contribution in [0.15, 0.2) is 41.6 Å². The fourth-order valence-electron chi connectivity index (χ4n) is 3.09. The summed E-state index contributed by atoms with van der Waals surface area (Å²) in [5, 5.41) is 4.18. The van der Waals surface area contributed by atoms with Gasteiger partial charge >= 0.3 is 0 Å². The van der Waals surface area contributed by atoms with E-state index in [1.54, 1.807) is 21.1 Å². The van der Waals surface area contributed by atoms with Crippen molar-refractivity contribution < 1.29 is 8.42 Å². The minimum Gasteiger partial charge on any atom is -0.366 e. The maximum absolute atomic E-state index is 13.1. The Morgan fingerprint density at radius 3 is 2.33 bits per heavy atom. The molecule has 0 saturated carbocycles. The Hall–Kier alpha value is -1.86. The third-order valence-corrected chi connectivity index (χ3v) is 6.43. The number of benzene rings is 1. The Kier molecular flexibility index (Phi) is 4.64. The summed E-state index contributed by atoms with van der Waals surface area (Å²) in [7, 11) is -1.57. The Bertz CT molecular complexity index is 806. The van der Waals surface area contributed by atoms with Crippen molar-refractivity contribution in [3.05, 3.63) is 42.2 Å². The molecule has 0 aliphatic carbocycles. The van der Waals surface area contributed by atoms with Gasteiger partial charge in [-0.2, -0.15) is 9.40 Å². The molecule has 1 saturated heterocycles. The second-order valence-electron chi connectivity index (χ2n) is 6.46. The molecule has 0 spiro atoms. The summed E-state index contributed by atoms with van der Waals surface area (Å²) >= 11 is 0. The largest absolute Gasteiger partial charge is 0.366 e. The maximum Gasteiger partial charge on any atom is 0.243 e. The fourth-order valence-corrected chi connectivity index (χ4v) is 4.86. The van der Waals surface area contributed by atoms with Gasteiger partial charge in [-0.1, -0.05) is 32.0 Å². The summed E-state index contributed by atoms with van der Waals surface area (Å²) in [6.07, 6.45) is 3.77. The van der Waals surface area contributed by atoms with E-state index in [-0.39, 0.29) is 5.92 Å². The van der Waals surface area contributed by atoms with Crippen molar-refractivity contribution in [3.63, 3.8) is 0 Å². The van der Waals surface area contributed by atoms with Crippen molar-refractivity contribution in [1.29, 1.82) is 0 Å². The number of piperazine rings is 1. The number of aryl methyl sites for hydroxylation is 1. The van der Waals surface area contributed by atoms with Crippen LogP contribution in [-0.2, 0) is 17.1 Å². The first kappa shape index (κ1) is 17.0. The molecule has 1 fully saturated rings. The van der Waals surface area contributed by atoms with Crippen LogP contribution in [0.2, 0.25) is 0 Å². The van der Waals surface area contributed by atoms with E-state index in [4.69, 9.17) is 0 Å². The van der Waals surface area contributed by atoms with Gasteiger partial charge in [0, 0.05) is 39.4 Å². The molecular weight excluding hydrogens is 324 g/mol. The normalized spacial score (nSPS) is 16.8. The van der Waals surface area contributed by atoms with E-state index in [2.05, 4.69) is 10.00 Å². The van der Waals surface area contributed by atoms with Crippen LogP contribution in [0.5, 0.6) is 0 Å². The molecule has 0 N–H and O–H groups in total. The number of sulfonamides is 1. The predicted octanol–water partition coefficient (Wildman–Crippen LogP) is 2.05. The van der Waals surface area contributed by atoms with Crippen molar-refractivity contribution in [2.24, 2.45) is 7.05 Å². The van der Waals surface area contributed by atoms with E-state index in [0.717, 1.165) is 11.3 Å². The molecule has 1 aromatic heterocycles. The molecule has 1 aliphatic rings. The molecule has 1 aliphatic heterocycles. The molecule has 0 atom stereocenters. The maximum atomic E-state index is 13.1. The minimum atomic E-state index is -3.45. The average Bonchev–Trinajstić information content (AvgIpc) is 3.01. The Balaban J connectivity index is 1.78. The average molecular weight is 348 g/mol. The molecule has 24 heavy (non-hydrogen) atoms. The molecule has 3 rings (SSSR count). The van der Waals surface area contributed by atoms with Crippen molar-refractivity contribution >= 4 is 15.7 Å². The summed E-state index contributed by atoms with van der Waals surface area (Å²) in [5.74, 6) is 0.174. The van der Waals surface area contributed by atoms with Gasteiger partial charge in [0.05, 0.1) is 16.8 Å². The first-order valence-electron chi connectivity index (χ1n) is 8.22. The molecule has 6 nitrogen and oxygen atoms in total. The van der Waals surface area contributed by atoms with Gasteiger partial charge in [0.25, 0.3) is 0 Å². The minimum absolute atomic E-state index is 0.174. The van der Waals surface area contributed by atoms with Crippen molar-refractivity contribution in [2.75, 3.05) is 31.1 Å². The Morgan fingerprint density at radius 2 is 1.75 bits per heavy atom. The van der Waals surface area contributed by atoms with E-state index < -0.39 is 10.0 Å². The summed E-state index contributed by atoms with van der Waals surface area (Å²) in [6, 6.07) is 7.32. The van der Waals surface area contributed by atoms with E-state index in [1.807, 2.05) is 45.4 Å². The predicted molar refractivity (Wildman–Crippen MR) is 94.7 cm³/mol. The zero-order valence-corrected chi connectivity index (χ0v) is 15.2. The molecule has 130 valence electrons. The van der Waals surface area contributed by atoms with E-state index in [1.165, 1.54) is 0 Å². The standard InChI is InChI=1S/C17H24N4O2S/c1-14(2)16-6-4-5-7-17(16)24(22,23)21-10-8-20(9-11-21)15-12-18-19(3)13-15/h4-7,12-14H,8-11H2,1-3H3. The summed E-state index contributed by atoms with van der Waals surface area (Å²) in [4.78, 5) is 2.61. The molecule has 7 heteroatoms. The number of nitrogens with zero attached hydrogens (tertiary/aromatic N) is 4. The fraction of sp³-hybridized carbons (Fsp3) is 0.471. The van der Waals surface area contributed by atoms with E-state index in [9.17, 15) is 8.42 Å². The van der Waals surface area contributed by atoms with Crippen LogP contribution in [0, 0.1) is 0 Å². The van der Waals surface area contributed by atoms with Gasteiger partial charge in [-0.05, 0) is 17.5 Å². The highest BCUT2D eigenvalue weighted by Crippen LogP contribution is 2.27. The van der Waals surface area contributed by atoms with E-state index in [0.29, 0.717) is 31.1 Å². The lowest BCUT2D eigenvalue weighted by Crippen LogP contribution is -2.48. The van der Waals surface area contributed by atoms with Gasteiger partial charge in [0.2, 0.25) is 10.0 Å². The lowest BCUT2D eigenvalue weighted by atomic mass is 10.0. The number of hydrogen-bond acceptors (Lipinski definition) is 4.